The highest BCUT2D eigenvalue weighted by Gasteiger charge is 2.15. The second kappa shape index (κ2) is 5.93. The summed E-state index contributed by atoms with van der Waals surface area (Å²) in [5.41, 5.74) is 0.432. The minimum absolute atomic E-state index is 0.359. The van der Waals surface area contributed by atoms with E-state index in [4.69, 9.17) is 5.11 Å². The van der Waals surface area contributed by atoms with Crippen molar-refractivity contribution in [3.63, 3.8) is 0 Å². The summed E-state index contributed by atoms with van der Waals surface area (Å²) in [6, 6.07) is 4.19. The van der Waals surface area contributed by atoms with Gasteiger partial charge in [0, 0.05) is 16.1 Å². The fraction of sp³-hybridized carbons (Fsp3) is 0.250. The van der Waals surface area contributed by atoms with E-state index in [9.17, 15) is 9.18 Å². The molecule has 1 aromatic rings. The molecule has 0 spiro atoms. The predicted octanol–water partition coefficient (Wildman–Crippen LogP) is 2.83. The maximum absolute atomic E-state index is 13.7. The van der Waals surface area contributed by atoms with Gasteiger partial charge in [-0.05, 0) is 32.3 Å². The van der Waals surface area contributed by atoms with Crippen LogP contribution in [0.25, 0.3) is 0 Å². The van der Waals surface area contributed by atoms with Crippen LogP contribution in [0.15, 0.2) is 34.8 Å². The Bertz CT molecular complexity index is 446. The SMILES string of the molecule is CN(C)C(/C=C/C(=O)O)c1cc(Br)ccc1F. The van der Waals surface area contributed by atoms with Gasteiger partial charge in [0.2, 0.25) is 0 Å². The summed E-state index contributed by atoms with van der Waals surface area (Å²) in [6.07, 6.45) is 2.47. The van der Waals surface area contributed by atoms with Crippen LogP contribution < -0.4 is 0 Å². The van der Waals surface area contributed by atoms with Crippen molar-refractivity contribution in [2.75, 3.05) is 14.1 Å². The number of hydrogen-bond acceptors (Lipinski definition) is 2. The second-order valence-corrected chi connectivity index (χ2v) is 4.69. The molecular weight excluding hydrogens is 289 g/mol. The van der Waals surface area contributed by atoms with Gasteiger partial charge in [0.15, 0.2) is 0 Å². The molecule has 3 nitrogen and oxygen atoms in total. The van der Waals surface area contributed by atoms with Gasteiger partial charge >= 0.3 is 5.97 Å². The van der Waals surface area contributed by atoms with Crippen LogP contribution in [0, 0.1) is 5.82 Å². The van der Waals surface area contributed by atoms with Crippen LogP contribution in [0.4, 0.5) is 4.39 Å². The van der Waals surface area contributed by atoms with Crippen molar-refractivity contribution in [2.24, 2.45) is 0 Å². The molecule has 0 aliphatic heterocycles. The Morgan fingerprint density at radius 1 is 1.53 bits per heavy atom. The van der Waals surface area contributed by atoms with E-state index in [0.29, 0.717) is 5.56 Å². The molecular formula is C12H13BrFNO2. The fourth-order valence-corrected chi connectivity index (χ4v) is 1.85. The molecule has 1 atom stereocenters. The normalized spacial score (nSPS) is 13.2. The average Bonchev–Trinajstić information content (AvgIpc) is 2.22. The number of carbonyl (C=O) groups is 1. The van der Waals surface area contributed by atoms with Gasteiger partial charge in [0.25, 0.3) is 0 Å². The molecule has 0 saturated carbocycles. The van der Waals surface area contributed by atoms with Gasteiger partial charge in [-0.2, -0.15) is 0 Å². The standard InChI is InChI=1S/C12H13BrFNO2/c1-15(2)11(5-6-12(16)17)9-7-8(13)3-4-10(9)14/h3-7,11H,1-2H3,(H,16,17)/b6-5+. The molecule has 0 aliphatic rings. The molecule has 0 saturated heterocycles. The molecule has 0 aromatic heterocycles. The number of carboxylic acid groups (broad SMARTS) is 1. The molecule has 0 amide bonds. The number of benzene rings is 1. The van der Waals surface area contributed by atoms with Gasteiger partial charge in [-0.1, -0.05) is 22.0 Å². The smallest absolute Gasteiger partial charge is 0.328 e. The van der Waals surface area contributed by atoms with E-state index in [0.717, 1.165) is 10.5 Å². The van der Waals surface area contributed by atoms with Crippen molar-refractivity contribution >= 4 is 21.9 Å². The number of carboxylic acids is 1. The predicted molar refractivity (Wildman–Crippen MR) is 67.3 cm³/mol. The minimum atomic E-state index is -1.05. The Kier molecular flexibility index (Phi) is 4.84. The zero-order valence-electron chi connectivity index (χ0n) is 9.52. The van der Waals surface area contributed by atoms with Gasteiger partial charge < -0.3 is 5.11 Å². The van der Waals surface area contributed by atoms with E-state index in [1.54, 1.807) is 31.1 Å². The quantitative estimate of drug-likeness (QED) is 0.870. The maximum Gasteiger partial charge on any atom is 0.328 e. The lowest BCUT2D eigenvalue weighted by Crippen LogP contribution is -2.19. The number of nitrogens with zero attached hydrogens (tertiary/aromatic N) is 1. The van der Waals surface area contributed by atoms with Crippen LogP contribution in [0.2, 0.25) is 0 Å². The number of rotatable bonds is 4. The third-order valence-electron chi connectivity index (χ3n) is 2.25. The lowest BCUT2D eigenvalue weighted by molar-refractivity contribution is -0.131. The van der Waals surface area contributed by atoms with Crippen molar-refractivity contribution < 1.29 is 14.3 Å². The van der Waals surface area contributed by atoms with Crippen LogP contribution in [0.3, 0.4) is 0 Å². The summed E-state index contributed by atoms with van der Waals surface area (Å²) in [5.74, 6) is -1.41. The zero-order chi connectivity index (χ0) is 13.0. The molecule has 0 aliphatic carbocycles. The summed E-state index contributed by atoms with van der Waals surface area (Å²) in [7, 11) is 3.52. The van der Waals surface area contributed by atoms with Gasteiger partial charge in [0.1, 0.15) is 5.82 Å². The molecule has 0 fully saturated rings. The first-order chi connectivity index (χ1) is 7.91. The molecule has 0 radical (unpaired) electrons. The third kappa shape index (κ3) is 3.94. The van der Waals surface area contributed by atoms with Crippen LogP contribution in [-0.4, -0.2) is 30.1 Å². The molecule has 1 aromatic carbocycles. The first-order valence-corrected chi connectivity index (χ1v) is 5.73. The topological polar surface area (TPSA) is 40.5 Å². The number of halogens is 2. The first-order valence-electron chi connectivity index (χ1n) is 4.94. The van der Waals surface area contributed by atoms with E-state index >= 15 is 0 Å². The Balaban J connectivity index is 3.13. The zero-order valence-corrected chi connectivity index (χ0v) is 11.1. The highest BCUT2D eigenvalue weighted by molar-refractivity contribution is 9.10. The van der Waals surface area contributed by atoms with Crippen molar-refractivity contribution in [2.45, 2.75) is 6.04 Å². The van der Waals surface area contributed by atoms with E-state index in [2.05, 4.69) is 15.9 Å². The van der Waals surface area contributed by atoms with Crippen LogP contribution >= 0.6 is 15.9 Å². The van der Waals surface area contributed by atoms with Gasteiger partial charge in [-0.15, -0.1) is 0 Å². The van der Waals surface area contributed by atoms with Gasteiger partial charge in [-0.3, -0.25) is 4.90 Å². The van der Waals surface area contributed by atoms with Crippen molar-refractivity contribution in [3.8, 4) is 0 Å². The summed E-state index contributed by atoms with van der Waals surface area (Å²) in [6.45, 7) is 0. The first kappa shape index (κ1) is 13.9. The summed E-state index contributed by atoms with van der Waals surface area (Å²) in [5, 5.41) is 8.61. The number of likely N-dealkylation sites (N-methyl/N-ethyl adjacent to an activating group) is 1. The average molecular weight is 302 g/mol. The van der Waals surface area contributed by atoms with E-state index < -0.39 is 12.0 Å². The summed E-state index contributed by atoms with van der Waals surface area (Å²) < 4.78 is 14.4. The second-order valence-electron chi connectivity index (χ2n) is 3.77. The van der Waals surface area contributed by atoms with E-state index in [1.165, 1.54) is 12.1 Å². The Morgan fingerprint density at radius 2 is 2.18 bits per heavy atom. The largest absolute Gasteiger partial charge is 0.478 e. The maximum atomic E-state index is 13.7. The Labute approximate surface area is 108 Å². The van der Waals surface area contributed by atoms with E-state index in [-0.39, 0.29) is 5.82 Å². The van der Waals surface area contributed by atoms with Crippen molar-refractivity contribution in [1.82, 2.24) is 4.90 Å². The summed E-state index contributed by atoms with van der Waals surface area (Å²) >= 11 is 3.27. The van der Waals surface area contributed by atoms with Gasteiger partial charge in [-0.25, -0.2) is 9.18 Å². The van der Waals surface area contributed by atoms with Crippen LogP contribution in [0.5, 0.6) is 0 Å². The minimum Gasteiger partial charge on any atom is -0.478 e. The lowest BCUT2D eigenvalue weighted by Gasteiger charge is -2.22. The number of aliphatic carboxylic acids is 1. The molecule has 0 heterocycles. The third-order valence-corrected chi connectivity index (χ3v) is 2.75. The molecule has 1 unspecified atom stereocenters. The molecule has 0 bridgehead atoms. The molecule has 5 heteroatoms. The molecule has 92 valence electrons. The lowest BCUT2D eigenvalue weighted by atomic mass is 10.0. The van der Waals surface area contributed by atoms with E-state index in [1.807, 2.05) is 0 Å². The monoisotopic (exact) mass is 301 g/mol. The van der Waals surface area contributed by atoms with Gasteiger partial charge in [0.05, 0.1) is 6.04 Å². The molecule has 1 N–H and O–H groups in total. The molecule has 1 rings (SSSR count). The highest BCUT2D eigenvalue weighted by atomic mass is 79.9. The number of hydrogen-bond donors (Lipinski definition) is 1. The van der Waals surface area contributed by atoms with Crippen LogP contribution in [-0.2, 0) is 4.79 Å². The Morgan fingerprint density at radius 3 is 2.71 bits per heavy atom. The van der Waals surface area contributed by atoms with Crippen molar-refractivity contribution in [1.29, 1.82) is 0 Å². The Hall–Kier alpha value is -1.20. The highest BCUT2D eigenvalue weighted by Crippen LogP contribution is 2.25. The van der Waals surface area contributed by atoms with Crippen LogP contribution in [0.1, 0.15) is 11.6 Å². The summed E-state index contributed by atoms with van der Waals surface area (Å²) in [4.78, 5) is 12.2. The fourth-order valence-electron chi connectivity index (χ4n) is 1.47. The molecule has 17 heavy (non-hydrogen) atoms. The van der Waals surface area contributed by atoms with Crippen molar-refractivity contribution in [3.05, 3.63) is 46.2 Å².